The van der Waals surface area contributed by atoms with Crippen LogP contribution in [0.2, 0.25) is 0 Å². The molecule has 2 aromatic rings. The highest BCUT2D eigenvalue weighted by atomic mass is 32.2. The topological polar surface area (TPSA) is 72.7 Å². The number of nitrogens with one attached hydrogen (secondary N) is 1. The molecule has 1 aliphatic rings. The van der Waals surface area contributed by atoms with Gasteiger partial charge < -0.3 is 5.32 Å². The van der Waals surface area contributed by atoms with Crippen LogP contribution < -0.4 is 5.32 Å². The zero-order chi connectivity index (χ0) is 17.3. The predicted molar refractivity (Wildman–Crippen MR) is 95.2 cm³/mol. The quantitative estimate of drug-likeness (QED) is 0.841. The Morgan fingerprint density at radius 2 is 1.96 bits per heavy atom. The van der Waals surface area contributed by atoms with Crippen molar-refractivity contribution >= 4 is 23.4 Å². The molecule has 0 spiro atoms. The average Bonchev–Trinajstić information content (AvgIpc) is 3.27. The maximum Gasteiger partial charge on any atom is 0.237 e. The molecule has 1 unspecified atom stereocenters. The highest BCUT2D eigenvalue weighted by molar-refractivity contribution is 8.00. The normalized spacial score (nSPS) is 16.0. The third-order valence-electron chi connectivity index (χ3n) is 4.03. The Morgan fingerprint density at radius 3 is 2.54 bits per heavy atom. The molecule has 1 fully saturated rings. The Labute approximate surface area is 146 Å². The van der Waals surface area contributed by atoms with Crippen molar-refractivity contribution in [2.45, 2.75) is 62.4 Å². The van der Waals surface area contributed by atoms with E-state index in [1.165, 1.54) is 17.3 Å². The lowest BCUT2D eigenvalue weighted by molar-refractivity contribution is -0.115. The minimum atomic E-state index is -0.268. The standard InChI is InChI=1S/C17H23N5OS/c1-11(24-16-19-20-21-22(16)14-9-10-14)15(23)18-13-7-5-12(6-8-13)17(2,3)4/h5-8,11,14H,9-10H2,1-4H3,(H,18,23). The fourth-order valence-corrected chi connectivity index (χ4v) is 3.18. The van der Waals surface area contributed by atoms with Crippen molar-refractivity contribution in [2.75, 3.05) is 5.32 Å². The number of hydrogen-bond donors (Lipinski definition) is 1. The van der Waals surface area contributed by atoms with E-state index in [4.69, 9.17) is 0 Å². The molecule has 1 N–H and O–H groups in total. The number of nitrogens with zero attached hydrogens (tertiary/aromatic N) is 4. The van der Waals surface area contributed by atoms with Crippen LogP contribution in [0.4, 0.5) is 5.69 Å². The van der Waals surface area contributed by atoms with Crippen LogP contribution >= 0.6 is 11.8 Å². The van der Waals surface area contributed by atoms with E-state index in [2.05, 4.69) is 53.7 Å². The highest BCUT2D eigenvalue weighted by Gasteiger charge is 2.29. The lowest BCUT2D eigenvalue weighted by Gasteiger charge is -2.19. The smallest absolute Gasteiger partial charge is 0.237 e. The molecule has 6 nitrogen and oxygen atoms in total. The van der Waals surface area contributed by atoms with Gasteiger partial charge in [-0.3, -0.25) is 4.79 Å². The molecular weight excluding hydrogens is 322 g/mol. The molecule has 7 heteroatoms. The minimum absolute atomic E-state index is 0.0474. The van der Waals surface area contributed by atoms with Crippen molar-refractivity contribution in [1.82, 2.24) is 20.2 Å². The number of carbonyl (C=O) groups is 1. The van der Waals surface area contributed by atoms with Gasteiger partial charge in [-0.1, -0.05) is 44.7 Å². The second-order valence-corrected chi connectivity index (χ2v) is 8.52. The zero-order valence-corrected chi connectivity index (χ0v) is 15.3. The van der Waals surface area contributed by atoms with E-state index in [0.717, 1.165) is 18.5 Å². The summed E-state index contributed by atoms with van der Waals surface area (Å²) in [6, 6.07) is 8.42. The van der Waals surface area contributed by atoms with Gasteiger partial charge in [0.15, 0.2) is 0 Å². The van der Waals surface area contributed by atoms with Crippen molar-refractivity contribution in [3.05, 3.63) is 29.8 Å². The Balaban J connectivity index is 1.60. The average molecular weight is 345 g/mol. The number of thioether (sulfide) groups is 1. The summed E-state index contributed by atoms with van der Waals surface area (Å²) >= 11 is 1.39. The summed E-state index contributed by atoms with van der Waals surface area (Å²) in [7, 11) is 0. The van der Waals surface area contributed by atoms with Gasteiger partial charge in [-0.15, -0.1) is 5.10 Å². The number of carbonyl (C=O) groups excluding carboxylic acids is 1. The Kier molecular flexibility index (Phi) is 4.62. The van der Waals surface area contributed by atoms with Crippen LogP contribution in [0.25, 0.3) is 0 Å². The number of benzene rings is 1. The number of tetrazole rings is 1. The first-order chi connectivity index (χ1) is 11.3. The van der Waals surface area contributed by atoms with Crippen molar-refractivity contribution in [3.63, 3.8) is 0 Å². The molecule has 0 bridgehead atoms. The molecule has 1 aromatic carbocycles. The van der Waals surface area contributed by atoms with Crippen molar-refractivity contribution < 1.29 is 4.79 Å². The molecule has 0 aliphatic heterocycles. The summed E-state index contributed by atoms with van der Waals surface area (Å²) in [5.41, 5.74) is 2.15. The number of hydrogen-bond acceptors (Lipinski definition) is 5. The maximum atomic E-state index is 12.4. The number of amides is 1. The van der Waals surface area contributed by atoms with Gasteiger partial charge in [-0.05, 0) is 53.3 Å². The fourth-order valence-electron chi connectivity index (χ4n) is 2.32. The second kappa shape index (κ2) is 6.55. The highest BCUT2D eigenvalue weighted by Crippen LogP contribution is 2.37. The summed E-state index contributed by atoms with van der Waals surface area (Å²) in [5.74, 6) is -0.0474. The Bertz CT molecular complexity index is 715. The van der Waals surface area contributed by atoms with Crippen LogP contribution in [0.3, 0.4) is 0 Å². The van der Waals surface area contributed by atoms with Gasteiger partial charge in [0.05, 0.1) is 11.3 Å². The van der Waals surface area contributed by atoms with Gasteiger partial charge in [-0.2, -0.15) is 0 Å². The minimum Gasteiger partial charge on any atom is -0.325 e. The van der Waals surface area contributed by atoms with E-state index in [1.54, 1.807) is 0 Å². The van der Waals surface area contributed by atoms with Crippen molar-refractivity contribution in [1.29, 1.82) is 0 Å². The second-order valence-electron chi connectivity index (χ2n) is 7.21. The van der Waals surface area contributed by atoms with E-state index >= 15 is 0 Å². The van der Waals surface area contributed by atoms with Gasteiger partial charge in [0.1, 0.15) is 0 Å². The van der Waals surface area contributed by atoms with Crippen molar-refractivity contribution in [2.24, 2.45) is 0 Å². The molecule has 1 aliphatic carbocycles. The molecule has 3 rings (SSSR count). The van der Waals surface area contributed by atoms with E-state index in [1.807, 2.05) is 23.7 Å². The van der Waals surface area contributed by atoms with E-state index < -0.39 is 0 Å². The molecule has 24 heavy (non-hydrogen) atoms. The molecule has 1 amide bonds. The Morgan fingerprint density at radius 1 is 1.29 bits per heavy atom. The van der Waals surface area contributed by atoms with Crippen LogP contribution in [0.15, 0.2) is 29.4 Å². The molecule has 1 saturated carbocycles. The van der Waals surface area contributed by atoms with Crippen LogP contribution in [0, 0.1) is 0 Å². The third-order valence-corrected chi connectivity index (χ3v) is 5.07. The van der Waals surface area contributed by atoms with Gasteiger partial charge in [0.2, 0.25) is 11.1 Å². The lowest BCUT2D eigenvalue weighted by Crippen LogP contribution is -2.23. The number of aromatic nitrogens is 4. The lowest BCUT2D eigenvalue weighted by atomic mass is 9.87. The fraction of sp³-hybridized carbons (Fsp3) is 0.529. The van der Waals surface area contributed by atoms with Gasteiger partial charge in [0.25, 0.3) is 0 Å². The maximum absolute atomic E-state index is 12.4. The van der Waals surface area contributed by atoms with E-state index in [9.17, 15) is 4.79 Å². The zero-order valence-electron chi connectivity index (χ0n) is 14.5. The Hall–Kier alpha value is -1.89. The molecular formula is C17H23N5OS. The van der Waals surface area contributed by atoms with Crippen LogP contribution in [-0.4, -0.2) is 31.4 Å². The predicted octanol–water partition coefficient (Wildman–Crippen LogP) is 3.42. The molecule has 128 valence electrons. The number of anilines is 1. The first kappa shape index (κ1) is 17.0. The molecule has 1 atom stereocenters. The van der Waals surface area contributed by atoms with E-state index in [0.29, 0.717) is 11.2 Å². The third kappa shape index (κ3) is 3.95. The van der Waals surface area contributed by atoms with Crippen molar-refractivity contribution in [3.8, 4) is 0 Å². The monoisotopic (exact) mass is 345 g/mol. The molecule has 1 heterocycles. The molecule has 1 aromatic heterocycles. The summed E-state index contributed by atoms with van der Waals surface area (Å²) in [6.07, 6.45) is 2.22. The van der Waals surface area contributed by atoms with Crippen LogP contribution in [0.1, 0.15) is 52.1 Å². The summed E-state index contributed by atoms with van der Waals surface area (Å²) in [6.45, 7) is 8.38. The number of rotatable bonds is 5. The van der Waals surface area contributed by atoms with Gasteiger partial charge in [0, 0.05) is 5.69 Å². The first-order valence-electron chi connectivity index (χ1n) is 8.20. The van der Waals surface area contributed by atoms with E-state index in [-0.39, 0.29) is 16.6 Å². The summed E-state index contributed by atoms with van der Waals surface area (Å²) in [5, 5.41) is 15.2. The van der Waals surface area contributed by atoms with Crippen LogP contribution in [-0.2, 0) is 10.2 Å². The van der Waals surface area contributed by atoms with Gasteiger partial charge >= 0.3 is 0 Å². The first-order valence-corrected chi connectivity index (χ1v) is 9.08. The van der Waals surface area contributed by atoms with Crippen LogP contribution in [0.5, 0.6) is 0 Å². The molecule has 0 radical (unpaired) electrons. The van der Waals surface area contributed by atoms with Gasteiger partial charge in [-0.25, -0.2) is 4.68 Å². The summed E-state index contributed by atoms with van der Waals surface area (Å²) in [4.78, 5) is 12.4. The summed E-state index contributed by atoms with van der Waals surface area (Å²) < 4.78 is 1.83. The SMILES string of the molecule is CC(Sc1nnnn1C1CC1)C(=O)Nc1ccc(C(C)(C)C)cc1. The molecule has 0 saturated heterocycles. The largest absolute Gasteiger partial charge is 0.325 e.